The van der Waals surface area contributed by atoms with Crippen molar-refractivity contribution in [3.05, 3.63) is 12.7 Å². The van der Waals surface area contributed by atoms with Gasteiger partial charge in [-0.1, -0.05) is 25.8 Å². The molecule has 110 valence electrons. The van der Waals surface area contributed by atoms with Gasteiger partial charge in [0.15, 0.2) is 0 Å². The third-order valence-corrected chi connectivity index (χ3v) is 4.76. The fourth-order valence-electron chi connectivity index (χ4n) is 3.77. The van der Waals surface area contributed by atoms with Crippen molar-refractivity contribution < 1.29 is 0 Å². The van der Waals surface area contributed by atoms with Gasteiger partial charge in [0.1, 0.15) is 0 Å². The van der Waals surface area contributed by atoms with E-state index < -0.39 is 0 Å². The predicted molar refractivity (Wildman–Crippen MR) is 82.5 cm³/mol. The minimum absolute atomic E-state index is 0.341. The van der Waals surface area contributed by atoms with Gasteiger partial charge >= 0.3 is 0 Å². The Morgan fingerprint density at radius 1 is 1.42 bits per heavy atom. The van der Waals surface area contributed by atoms with Gasteiger partial charge in [-0.25, -0.2) is 0 Å². The Labute approximate surface area is 118 Å². The number of piperazine rings is 1. The van der Waals surface area contributed by atoms with E-state index in [4.69, 9.17) is 0 Å². The summed E-state index contributed by atoms with van der Waals surface area (Å²) in [6.45, 7) is 13.4. The highest BCUT2D eigenvalue weighted by Crippen LogP contribution is 2.34. The van der Waals surface area contributed by atoms with Crippen LogP contribution in [-0.4, -0.2) is 49.7 Å². The monoisotopic (exact) mass is 265 g/mol. The molecule has 1 saturated heterocycles. The second-order valence-electron chi connectivity index (χ2n) is 6.49. The Kier molecular flexibility index (Phi) is 5.86. The van der Waals surface area contributed by atoms with Gasteiger partial charge in [0.2, 0.25) is 0 Å². The quantitative estimate of drug-likeness (QED) is 0.719. The standard InChI is InChI=1S/C16H31N3/c1-3-6-16(7-4-5-15(2)14-16)18-10-13-19-11-8-17-9-12-19/h3,15,17-18H,1,4-14H2,2H3. The van der Waals surface area contributed by atoms with E-state index in [0.717, 1.165) is 32.0 Å². The molecule has 0 amide bonds. The van der Waals surface area contributed by atoms with E-state index in [1.54, 1.807) is 0 Å². The molecule has 2 aliphatic rings. The highest BCUT2D eigenvalue weighted by atomic mass is 15.2. The van der Waals surface area contributed by atoms with E-state index in [1.165, 1.54) is 45.3 Å². The molecule has 1 saturated carbocycles. The lowest BCUT2D eigenvalue weighted by atomic mass is 9.74. The van der Waals surface area contributed by atoms with Crippen molar-refractivity contribution in [1.82, 2.24) is 15.5 Å². The lowest BCUT2D eigenvalue weighted by Crippen LogP contribution is -2.52. The summed E-state index contributed by atoms with van der Waals surface area (Å²) < 4.78 is 0. The predicted octanol–water partition coefficient (Wildman–Crippen LogP) is 2.01. The zero-order valence-electron chi connectivity index (χ0n) is 12.6. The van der Waals surface area contributed by atoms with E-state index >= 15 is 0 Å². The Morgan fingerprint density at radius 2 is 2.21 bits per heavy atom. The number of hydrogen-bond acceptors (Lipinski definition) is 3. The first-order chi connectivity index (χ1) is 9.24. The summed E-state index contributed by atoms with van der Waals surface area (Å²) in [5.41, 5.74) is 0.341. The summed E-state index contributed by atoms with van der Waals surface area (Å²) in [6.07, 6.45) is 8.65. The Morgan fingerprint density at radius 3 is 2.89 bits per heavy atom. The van der Waals surface area contributed by atoms with Gasteiger partial charge in [0.05, 0.1) is 0 Å². The number of hydrogen-bond donors (Lipinski definition) is 2. The average Bonchev–Trinajstić information content (AvgIpc) is 2.40. The summed E-state index contributed by atoms with van der Waals surface area (Å²) in [6, 6.07) is 0. The molecule has 0 spiro atoms. The Bertz CT molecular complexity index is 273. The SMILES string of the molecule is C=CCC1(NCCN2CCNCC2)CCCC(C)C1. The summed E-state index contributed by atoms with van der Waals surface area (Å²) in [5, 5.41) is 7.29. The van der Waals surface area contributed by atoms with Gasteiger partial charge in [0.25, 0.3) is 0 Å². The summed E-state index contributed by atoms with van der Waals surface area (Å²) >= 11 is 0. The first-order valence-corrected chi connectivity index (χ1v) is 8.03. The number of nitrogens with zero attached hydrogens (tertiary/aromatic N) is 1. The van der Waals surface area contributed by atoms with Crippen molar-refractivity contribution in [2.75, 3.05) is 39.3 Å². The molecule has 0 radical (unpaired) electrons. The molecule has 19 heavy (non-hydrogen) atoms. The molecule has 1 heterocycles. The van der Waals surface area contributed by atoms with Crippen molar-refractivity contribution >= 4 is 0 Å². The second-order valence-corrected chi connectivity index (χ2v) is 6.49. The minimum Gasteiger partial charge on any atom is -0.314 e. The molecule has 3 nitrogen and oxygen atoms in total. The van der Waals surface area contributed by atoms with Crippen molar-refractivity contribution in [1.29, 1.82) is 0 Å². The molecule has 2 N–H and O–H groups in total. The van der Waals surface area contributed by atoms with Gasteiger partial charge in [0, 0.05) is 44.8 Å². The molecule has 0 aromatic rings. The largest absolute Gasteiger partial charge is 0.314 e. The second kappa shape index (κ2) is 7.41. The van der Waals surface area contributed by atoms with Crippen molar-refractivity contribution in [3.63, 3.8) is 0 Å². The van der Waals surface area contributed by atoms with E-state index in [2.05, 4.69) is 35.1 Å². The van der Waals surface area contributed by atoms with Crippen LogP contribution in [0.25, 0.3) is 0 Å². The minimum atomic E-state index is 0.341. The molecule has 2 atom stereocenters. The third-order valence-electron chi connectivity index (χ3n) is 4.76. The molecule has 3 heteroatoms. The highest BCUT2D eigenvalue weighted by molar-refractivity contribution is 4.97. The third kappa shape index (κ3) is 4.59. The van der Waals surface area contributed by atoms with Crippen molar-refractivity contribution in [2.45, 2.75) is 44.6 Å². The van der Waals surface area contributed by atoms with Crippen LogP contribution >= 0.6 is 0 Å². The highest BCUT2D eigenvalue weighted by Gasteiger charge is 2.33. The Hall–Kier alpha value is -0.380. The molecular formula is C16H31N3. The maximum Gasteiger partial charge on any atom is 0.0218 e. The van der Waals surface area contributed by atoms with Crippen LogP contribution in [0, 0.1) is 5.92 Å². The van der Waals surface area contributed by atoms with E-state index in [1.807, 2.05) is 0 Å². The van der Waals surface area contributed by atoms with Gasteiger partial charge < -0.3 is 10.6 Å². The van der Waals surface area contributed by atoms with Crippen LogP contribution in [0.3, 0.4) is 0 Å². The van der Waals surface area contributed by atoms with Crippen LogP contribution < -0.4 is 10.6 Å². The zero-order chi connectivity index (χ0) is 13.6. The fourth-order valence-corrected chi connectivity index (χ4v) is 3.77. The smallest absolute Gasteiger partial charge is 0.0218 e. The summed E-state index contributed by atoms with van der Waals surface area (Å²) in [7, 11) is 0. The summed E-state index contributed by atoms with van der Waals surface area (Å²) in [4.78, 5) is 2.57. The van der Waals surface area contributed by atoms with E-state index in [0.29, 0.717) is 5.54 Å². The van der Waals surface area contributed by atoms with Crippen LogP contribution in [0.4, 0.5) is 0 Å². The molecule has 2 fully saturated rings. The van der Waals surface area contributed by atoms with Gasteiger partial charge in [-0.05, 0) is 25.2 Å². The maximum atomic E-state index is 3.96. The van der Waals surface area contributed by atoms with Gasteiger partial charge in [-0.15, -0.1) is 6.58 Å². The molecule has 0 aromatic heterocycles. The first-order valence-electron chi connectivity index (χ1n) is 8.03. The van der Waals surface area contributed by atoms with Crippen molar-refractivity contribution in [2.24, 2.45) is 5.92 Å². The average molecular weight is 265 g/mol. The lowest BCUT2D eigenvalue weighted by Gasteiger charge is -2.41. The topological polar surface area (TPSA) is 27.3 Å². The molecule has 2 rings (SSSR count). The maximum absolute atomic E-state index is 3.96. The molecule has 1 aliphatic carbocycles. The normalized spacial score (nSPS) is 33.2. The number of rotatable bonds is 6. The van der Waals surface area contributed by atoms with E-state index in [-0.39, 0.29) is 0 Å². The lowest BCUT2D eigenvalue weighted by molar-refractivity contribution is 0.172. The van der Waals surface area contributed by atoms with Crippen LogP contribution in [0.5, 0.6) is 0 Å². The van der Waals surface area contributed by atoms with Crippen LogP contribution in [-0.2, 0) is 0 Å². The first kappa shape index (κ1) is 15.0. The van der Waals surface area contributed by atoms with Gasteiger partial charge in [-0.2, -0.15) is 0 Å². The van der Waals surface area contributed by atoms with Crippen molar-refractivity contribution in [3.8, 4) is 0 Å². The van der Waals surface area contributed by atoms with E-state index in [9.17, 15) is 0 Å². The zero-order valence-corrected chi connectivity index (χ0v) is 12.6. The molecule has 0 aromatic carbocycles. The number of nitrogens with one attached hydrogen (secondary N) is 2. The molecular weight excluding hydrogens is 234 g/mol. The molecule has 0 bridgehead atoms. The Balaban J connectivity index is 1.77. The molecule has 1 aliphatic heterocycles. The summed E-state index contributed by atoms with van der Waals surface area (Å²) in [5.74, 6) is 0.861. The molecule has 2 unspecified atom stereocenters. The van der Waals surface area contributed by atoms with Crippen LogP contribution in [0.1, 0.15) is 39.0 Å². The van der Waals surface area contributed by atoms with Crippen LogP contribution in [0.2, 0.25) is 0 Å². The van der Waals surface area contributed by atoms with Gasteiger partial charge in [-0.3, -0.25) is 4.90 Å². The fraction of sp³-hybridized carbons (Fsp3) is 0.875. The van der Waals surface area contributed by atoms with Crippen LogP contribution in [0.15, 0.2) is 12.7 Å².